The van der Waals surface area contributed by atoms with E-state index in [0.29, 0.717) is 12.1 Å². The molecule has 0 saturated heterocycles. The normalized spacial score (nSPS) is 17.9. The molecular formula is C13H19N3O3S. The molecule has 7 heteroatoms. The number of hydrogen-bond acceptors (Lipinski definition) is 5. The van der Waals surface area contributed by atoms with Crippen LogP contribution in [0.1, 0.15) is 25.3 Å². The minimum absolute atomic E-state index is 0.0300. The number of hydrogen-bond donors (Lipinski definition) is 3. The minimum atomic E-state index is -3.37. The maximum absolute atomic E-state index is 12.2. The summed E-state index contributed by atoms with van der Waals surface area (Å²) in [5.74, 6) is -0.0759. The Kier molecular flexibility index (Phi) is 4.01. The third-order valence-electron chi connectivity index (χ3n) is 3.52. The smallest absolute Gasteiger partial charge is 0.179 e. The molecule has 0 amide bonds. The molecule has 0 bridgehead atoms. The topological polar surface area (TPSA) is 105 Å². The number of nitrogens with one attached hydrogen (secondary N) is 1. The average Bonchev–Trinajstić information content (AvgIpc) is 3.15. The molecule has 0 heterocycles. The lowest BCUT2D eigenvalue weighted by molar-refractivity contribution is 0.318. The molecular weight excluding hydrogens is 278 g/mol. The highest BCUT2D eigenvalue weighted by molar-refractivity contribution is 7.91. The maximum Gasteiger partial charge on any atom is 0.179 e. The summed E-state index contributed by atoms with van der Waals surface area (Å²) >= 11 is 0. The van der Waals surface area contributed by atoms with E-state index in [0.717, 1.165) is 12.8 Å². The van der Waals surface area contributed by atoms with Crippen molar-refractivity contribution in [3.8, 4) is 0 Å². The second-order valence-corrected chi connectivity index (χ2v) is 7.43. The Morgan fingerprint density at radius 1 is 1.50 bits per heavy atom. The Morgan fingerprint density at radius 2 is 2.20 bits per heavy atom. The molecule has 0 spiro atoms. The monoisotopic (exact) mass is 297 g/mol. The van der Waals surface area contributed by atoms with Crippen molar-refractivity contribution in [3.05, 3.63) is 29.8 Å². The molecule has 110 valence electrons. The van der Waals surface area contributed by atoms with Crippen LogP contribution in [0.2, 0.25) is 0 Å². The molecule has 1 aromatic rings. The van der Waals surface area contributed by atoms with Crippen LogP contribution < -0.4 is 11.1 Å². The van der Waals surface area contributed by atoms with Crippen molar-refractivity contribution in [1.29, 1.82) is 0 Å². The van der Waals surface area contributed by atoms with Crippen molar-refractivity contribution in [2.75, 3.05) is 12.3 Å². The van der Waals surface area contributed by atoms with Gasteiger partial charge in [0.05, 0.1) is 10.6 Å². The first-order valence-electron chi connectivity index (χ1n) is 6.42. The predicted octanol–water partition coefficient (Wildman–Crippen LogP) is 0.697. The van der Waals surface area contributed by atoms with E-state index in [1.165, 1.54) is 12.1 Å². The van der Waals surface area contributed by atoms with Crippen LogP contribution in [0, 0.1) is 0 Å². The van der Waals surface area contributed by atoms with Crippen molar-refractivity contribution >= 4 is 15.7 Å². The van der Waals surface area contributed by atoms with E-state index < -0.39 is 9.84 Å². The molecule has 1 aliphatic rings. The SMILES string of the molecule is CC1(NCCS(=O)(=O)c2cccc(/C(N)=N/O)c2)CC1. The summed E-state index contributed by atoms with van der Waals surface area (Å²) in [6.45, 7) is 2.51. The summed E-state index contributed by atoms with van der Waals surface area (Å²) in [6, 6.07) is 6.11. The Balaban J connectivity index is 2.08. The number of nitrogens with zero attached hydrogens (tertiary/aromatic N) is 1. The van der Waals surface area contributed by atoms with Crippen LogP contribution in [0.5, 0.6) is 0 Å². The quantitative estimate of drug-likeness (QED) is 0.310. The van der Waals surface area contributed by atoms with Crippen molar-refractivity contribution in [3.63, 3.8) is 0 Å². The fourth-order valence-electron chi connectivity index (χ4n) is 1.88. The van der Waals surface area contributed by atoms with E-state index in [9.17, 15) is 8.42 Å². The van der Waals surface area contributed by atoms with E-state index in [2.05, 4.69) is 17.4 Å². The van der Waals surface area contributed by atoms with E-state index in [-0.39, 0.29) is 22.0 Å². The number of nitrogens with two attached hydrogens (primary N) is 1. The van der Waals surface area contributed by atoms with E-state index in [4.69, 9.17) is 10.9 Å². The van der Waals surface area contributed by atoms with Gasteiger partial charge in [-0.3, -0.25) is 0 Å². The summed E-state index contributed by atoms with van der Waals surface area (Å²) in [5.41, 5.74) is 5.97. The van der Waals surface area contributed by atoms with Gasteiger partial charge < -0.3 is 16.3 Å². The lowest BCUT2D eigenvalue weighted by Gasteiger charge is -2.11. The van der Waals surface area contributed by atoms with Gasteiger partial charge in [-0.1, -0.05) is 17.3 Å². The molecule has 1 fully saturated rings. The lowest BCUT2D eigenvalue weighted by Crippen LogP contribution is -2.32. The first-order chi connectivity index (χ1) is 9.36. The van der Waals surface area contributed by atoms with Gasteiger partial charge in [0.2, 0.25) is 0 Å². The van der Waals surface area contributed by atoms with E-state index in [1.807, 2.05) is 0 Å². The van der Waals surface area contributed by atoms with Crippen LogP contribution in [0.4, 0.5) is 0 Å². The molecule has 1 aliphatic carbocycles. The Labute approximate surface area is 118 Å². The highest BCUT2D eigenvalue weighted by Crippen LogP contribution is 2.33. The van der Waals surface area contributed by atoms with Crippen molar-refractivity contribution in [1.82, 2.24) is 5.32 Å². The highest BCUT2D eigenvalue weighted by atomic mass is 32.2. The van der Waals surface area contributed by atoms with Crippen molar-refractivity contribution in [2.24, 2.45) is 10.9 Å². The fraction of sp³-hybridized carbons (Fsp3) is 0.462. The van der Waals surface area contributed by atoms with Crippen molar-refractivity contribution < 1.29 is 13.6 Å². The van der Waals surface area contributed by atoms with Gasteiger partial charge in [-0.05, 0) is 31.9 Å². The van der Waals surface area contributed by atoms with Gasteiger partial charge in [-0.2, -0.15) is 0 Å². The summed E-state index contributed by atoms with van der Waals surface area (Å²) < 4.78 is 24.4. The molecule has 1 aromatic carbocycles. The zero-order valence-electron chi connectivity index (χ0n) is 11.3. The highest BCUT2D eigenvalue weighted by Gasteiger charge is 2.36. The van der Waals surface area contributed by atoms with Crippen LogP contribution in [-0.2, 0) is 9.84 Å². The minimum Gasteiger partial charge on any atom is -0.409 e. The van der Waals surface area contributed by atoms with Crippen LogP contribution >= 0.6 is 0 Å². The number of oxime groups is 1. The third kappa shape index (κ3) is 3.49. The molecule has 4 N–H and O–H groups in total. The van der Waals surface area contributed by atoms with E-state index >= 15 is 0 Å². The Morgan fingerprint density at radius 3 is 2.80 bits per heavy atom. The van der Waals surface area contributed by atoms with Gasteiger partial charge in [0.1, 0.15) is 0 Å². The van der Waals surface area contributed by atoms with Gasteiger partial charge in [0.15, 0.2) is 15.7 Å². The number of sulfone groups is 1. The van der Waals surface area contributed by atoms with Gasteiger partial charge in [-0.25, -0.2) is 8.42 Å². The predicted molar refractivity (Wildman–Crippen MR) is 76.6 cm³/mol. The summed E-state index contributed by atoms with van der Waals surface area (Å²) in [4.78, 5) is 0.185. The Bertz CT molecular complexity index is 622. The summed E-state index contributed by atoms with van der Waals surface area (Å²) in [5, 5.41) is 14.7. The van der Waals surface area contributed by atoms with Gasteiger partial charge >= 0.3 is 0 Å². The lowest BCUT2D eigenvalue weighted by atomic mass is 10.2. The third-order valence-corrected chi connectivity index (χ3v) is 5.23. The molecule has 20 heavy (non-hydrogen) atoms. The van der Waals surface area contributed by atoms with Crippen molar-refractivity contribution in [2.45, 2.75) is 30.2 Å². The number of benzene rings is 1. The molecule has 0 atom stereocenters. The van der Waals surface area contributed by atoms with Gasteiger partial charge in [0.25, 0.3) is 0 Å². The second-order valence-electron chi connectivity index (χ2n) is 5.32. The molecule has 0 radical (unpaired) electrons. The molecule has 0 unspecified atom stereocenters. The Hall–Kier alpha value is -1.60. The number of amidine groups is 1. The average molecular weight is 297 g/mol. The second kappa shape index (κ2) is 5.41. The summed E-state index contributed by atoms with van der Waals surface area (Å²) in [6.07, 6.45) is 2.18. The van der Waals surface area contributed by atoms with Crippen LogP contribution in [-0.4, -0.2) is 37.3 Å². The maximum atomic E-state index is 12.2. The molecule has 1 saturated carbocycles. The van der Waals surface area contributed by atoms with Gasteiger partial charge in [-0.15, -0.1) is 0 Å². The first-order valence-corrected chi connectivity index (χ1v) is 8.07. The largest absolute Gasteiger partial charge is 0.409 e. The zero-order chi connectivity index (χ0) is 14.8. The number of rotatable bonds is 6. The summed E-state index contributed by atoms with van der Waals surface area (Å²) in [7, 11) is -3.37. The van der Waals surface area contributed by atoms with Crippen LogP contribution in [0.25, 0.3) is 0 Å². The molecule has 0 aromatic heterocycles. The zero-order valence-corrected chi connectivity index (χ0v) is 12.2. The molecule has 6 nitrogen and oxygen atoms in total. The fourth-order valence-corrected chi connectivity index (χ4v) is 3.07. The standard InChI is InChI=1S/C13H19N3O3S/c1-13(5-6-13)15-7-8-20(18,19)11-4-2-3-10(9-11)12(14)16-17/h2-4,9,15,17H,5-8H2,1H3,(H2,14,16). The van der Waals surface area contributed by atoms with E-state index in [1.54, 1.807) is 12.1 Å². The van der Waals surface area contributed by atoms with Gasteiger partial charge in [0, 0.05) is 17.6 Å². The van der Waals surface area contributed by atoms with Crippen LogP contribution in [0.15, 0.2) is 34.3 Å². The molecule has 0 aliphatic heterocycles. The molecule has 2 rings (SSSR count). The first kappa shape index (κ1) is 14.8. The van der Waals surface area contributed by atoms with Crippen LogP contribution in [0.3, 0.4) is 0 Å².